The smallest absolute Gasteiger partial charge is 0.337 e. The Kier molecular flexibility index (Phi) is 4.80. The van der Waals surface area contributed by atoms with Crippen LogP contribution in [0.15, 0.2) is 47.2 Å². The second-order valence-corrected chi connectivity index (χ2v) is 5.31. The van der Waals surface area contributed by atoms with Gasteiger partial charge in [0.1, 0.15) is 0 Å². The number of carbonyl (C=O) groups is 1. The van der Waals surface area contributed by atoms with Gasteiger partial charge in [0.05, 0.1) is 10.2 Å². The molecule has 0 bridgehead atoms. The number of aromatic carboxylic acids is 1. The number of nitrogens with zero attached hydrogens (tertiary/aromatic N) is 1. The molecule has 1 heterocycles. The van der Waals surface area contributed by atoms with Gasteiger partial charge in [-0.15, -0.1) is 0 Å². The van der Waals surface area contributed by atoms with Crippen molar-refractivity contribution in [3.8, 4) is 0 Å². The summed E-state index contributed by atoms with van der Waals surface area (Å²) in [7, 11) is 0. The van der Waals surface area contributed by atoms with Crippen molar-refractivity contribution in [2.45, 2.75) is 25.8 Å². The summed E-state index contributed by atoms with van der Waals surface area (Å²) in [5.74, 6) is -0.885. The topological polar surface area (TPSA) is 42.2 Å². The first-order chi connectivity index (χ1) is 9.16. The summed E-state index contributed by atoms with van der Waals surface area (Å²) in [4.78, 5) is 10.8. The molecular weight excluding hydrogens is 306 g/mol. The van der Waals surface area contributed by atoms with Crippen molar-refractivity contribution in [2.24, 2.45) is 0 Å². The molecule has 0 aliphatic carbocycles. The minimum atomic E-state index is -0.885. The first-order valence-corrected chi connectivity index (χ1v) is 7.09. The fraction of sp³-hybridized carbons (Fsp3) is 0.267. The van der Waals surface area contributed by atoms with Crippen molar-refractivity contribution in [1.82, 2.24) is 4.57 Å². The number of aromatic nitrogens is 1. The molecule has 1 aromatic carbocycles. The van der Waals surface area contributed by atoms with E-state index in [0.717, 1.165) is 30.4 Å². The Hall–Kier alpha value is -1.55. The molecule has 0 radical (unpaired) electrons. The number of carboxylic acid groups (broad SMARTS) is 1. The average molecular weight is 322 g/mol. The van der Waals surface area contributed by atoms with Gasteiger partial charge < -0.3 is 9.67 Å². The molecule has 4 heteroatoms. The van der Waals surface area contributed by atoms with E-state index >= 15 is 0 Å². The zero-order valence-electron chi connectivity index (χ0n) is 10.6. The van der Waals surface area contributed by atoms with Crippen LogP contribution in [0.1, 0.15) is 28.8 Å². The fourth-order valence-corrected chi connectivity index (χ4v) is 2.55. The van der Waals surface area contributed by atoms with Crippen molar-refractivity contribution >= 4 is 21.9 Å². The van der Waals surface area contributed by atoms with Crippen LogP contribution in [0.25, 0.3) is 0 Å². The maximum Gasteiger partial charge on any atom is 0.337 e. The first kappa shape index (κ1) is 13.9. The molecule has 0 amide bonds. The van der Waals surface area contributed by atoms with Gasteiger partial charge in [0.25, 0.3) is 0 Å². The quantitative estimate of drug-likeness (QED) is 0.818. The highest BCUT2D eigenvalue weighted by Crippen LogP contribution is 2.16. The Morgan fingerprint density at radius 1 is 1.21 bits per heavy atom. The zero-order chi connectivity index (χ0) is 13.7. The van der Waals surface area contributed by atoms with E-state index in [1.54, 1.807) is 12.3 Å². The summed E-state index contributed by atoms with van der Waals surface area (Å²) >= 11 is 3.38. The van der Waals surface area contributed by atoms with E-state index in [1.165, 1.54) is 5.56 Å². The molecule has 0 atom stereocenters. The molecule has 19 heavy (non-hydrogen) atoms. The lowest BCUT2D eigenvalue weighted by molar-refractivity contribution is 0.0697. The summed E-state index contributed by atoms with van der Waals surface area (Å²) < 4.78 is 2.76. The van der Waals surface area contributed by atoms with Gasteiger partial charge in [-0.1, -0.05) is 30.3 Å². The lowest BCUT2D eigenvalue weighted by Crippen LogP contribution is -1.98. The predicted octanol–water partition coefficient (Wildman–Crippen LogP) is 3.97. The van der Waals surface area contributed by atoms with E-state index in [2.05, 4.69) is 40.2 Å². The number of unbranched alkanes of at least 4 members (excludes halogenated alkanes) is 1. The Balaban J connectivity index is 1.81. The number of aryl methyl sites for hydroxylation is 2. The third kappa shape index (κ3) is 3.96. The molecule has 0 aliphatic heterocycles. The highest BCUT2D eigenvalue weighted by atomic mass is 79.9. The normalized spacial score (nSPS) is 10.6. The Bertz CT molecular complexity index is 549. The van der Waals surface area contributed by atoms with Crippen LogP contribution in [0.3, 0.4) is 0 Å². The predicted molar refractivity (Wildman–Crippen MR) is 78.5 cm³/mol. The average Bonchev–Trinajstić information content (AvgIpc) is 2.78. The molecule has 1 aromatic heterocycles. The van der Waals surface area contributed by atoms with Crippen LogP contribution in [0.5, 0.6) is 0 Å². The number of hydrogen-bond acceptors (Lipinski definition) is 1. The van der Waals surface area contributed by atoms with Crippen molar-refractivity contribution in [2.75, 3.05) is 0 Å². The van der Waals surface area contributed by atoms with Gasteiger partial charge in [0.15, 0.2) is 0 Å². The number of rotatable bonds is 6. The van der Waals surface area contributed by atoms with Crippen molar-refractivity contribution in [3.05, 3.63) is 58.3 Å². The third-order valence-corrected chi connectivity index (χ3v) is 3.73. The summed E-state index contributed by atoms with van der Waals surface area (Å²) in [5, 5.41) is 8.91. The third-order valence-electron chi connectivity index (χ3n) is 3.05. The summed E-state index contributed by atoms with van der Waals surface area (Å²) in [6, 6.07) is 12.0. The Labute approximate surface area is 121 Å². The maximum atomic E-state index is 10.8. The van der Waals surface area contributed by atoms with Crippen molar-refractivity contribution in [3.63, 3.8) is 0 Å². The van der Waals surface area contributed by atoms with Gasteiger partial charge >= 0.3 is 5.97 Å². The zero-order valence-corrected chi connectivity index (χ0v) is 12.1. The molecular formula is C15H16BrNO2. The van der Waals surface area contributed by atoms with Crippen LogP contribution in [-0.2, 0) is 13.0 Å². The molecule has 0 aliphatic rings. The van der Waals surface area contributed by atoms with E-state index < -0.39 is 5.97 Å². The second kappa shape index (κ2) is 6.57. The minimum Gasteiger partial charge on any atom is -0.478 e. The molecule has 0 saturated carbocycles. The van der Waals surface area contributed by atoms with Gasteiger partial charge in [0, 0.05) is 12.7 Å². The van der Waals surface area contributed by atoms with Crippen LogP contribution in [0.4, 0.5) is 0 Å². The molecule has 0 saturated heterocycles. The minimum absolute atomic E-state index is 0.329. The van der Waals surface area contributed by atoms with E-state index in [4.69, 9.17) is 5.11 Å². The van der Waals surface area contributed by atoms with Crippen LogP contribution in [0.2, 0.25) is 0 Å². The highest BCUT2D eigenvalue weighted by molar-refractivity contribution is 9.10. The van der Waals surface area contributed by atoms with Crippen LogP contribution in [-0.4, -0.2) is 15.6 Å². The molecule has 0 spiro atoms. The number of carboxylic acids is 1. The van der Waals surface area contributed by atoms with E-state index in [-0.39, 0.29) is 0 Å². The summed E-state index contributed by atoms with van der Waals surface area (Å²) in [5.41, 5.74) is 1.68. The SMILES string of the molecule is O=C(O)c1cc(Br)n(CCCCc2ccccc2)c1. The van der Waals surface area contributed by atoms with E-state index in [0.29, 0.717) is 5.56 Å². The summed E-state index contributed by atoms with van der Waals surface area (Å²) in [6.45, 7) is 0.834. The van der Waals surface area contributed by atoms with Gasteiger partial charge in [-0.25, -0.2) is 4.79 Å². The monoisotopic (exact) mass is 321 g/mol. The molecule has 0 fully saturated rings. The number of halogens is 1. The molecule has 100 valence electrons. The van der Waals surface area contributed by atoms with Gasteiger partial charge in [-0.3, -0.25) is 0 Å². The first-order valence-electron chi connectivity index (χ1n) is 6.30. The van der Waals surface area contributed by atoms with Gasteiger partial charge in [-0.05, 0) is 46.8 Å². The van der Waals surface area contributed by atoms with Crippen molar-refractivity contribution < 1.29 is 9.90 Å². The highest BCUT2D eigenvalue weighted by Gasteiger charge is 2.08. The van der Waals surface area contributed by atoms with Crippen LogP contribution in [0, 0.1) is 0 Å². The second-order valence-electron chi connectivity index (χ2n) is 4.49. The lowest BCUT2D eigenvalue weighted by atomic mass is 10.1. The molecule has 0 unspecified atom stereocenters. The van der Waals surface area contributed by atoms with Gasteiger partial charge in [0.2, 0.25) is 0 Å². The Morgan fingerprint density at radius 2 is 1.95 bits per heavy atom. The number of benzene rings is 1. The van der Waals surface area contributed by atoms with Crippen molar-refractivity contribution in [1.29, 1.82) is 0 Å². The maximum absolute atomic E-state index is 10.8. The number of hydrogen-bond donors (Lipinski definition) is 1. The van der Waals surface area contributed by atoms with Crippen LogP contribution < -0.4 is 0 Å². The lowest BCUT2D eigenvalue weighted by Gasteiger charge is -2.05. The molecule has 2 aromatic rings. The summed E-state index contributed by atoms with van der Waals surface area (Å²) in [6.07, 6.45) is 4.86. The van der Waals surface area contributed by atoms with E-state index in [9.17, 15) is 4.79 Å². The standard InChI is InChI=1S/C15H16BrNO2/c16-14-10-13(15(18)19)11-17(14)9-5-4-8-12-6-2-1-3-7-12/h1-3,6-7,10-11H,4-5,8-9H2,(H,18,19). The molecule has 3 nitrogen and oxygen atoms in total. The van der Waals surface area contributed by atoms with Gasteiger partial charge in [-0.2, -0.15) is 0 Å². The van der Waals surface area contributed by atoms with E-state index in [1.807, 2.05) is 10.6 Å². The Morgan fingerprint density at radius 3 is 2.58 bits per heavy atom. The van der Waals surface area contributed by atoms with Crippen LogP contribution >= 0.6 is 15.9 Å². The molecule has 2 rings (SSSR count). The fourth-order valence-electron chi connectivity index (χ4n) is 2.02. The molecule has 1 N–H and O–H groups in total. The largest absolute Gasteiger partial charge is 0.478 e.